The number of aromatic nitrogens is 1. The summed E-state index contributed by atoms with van der Waals surface area (Å²) in [6.45, 7) is 2.35. The van der Waals surface area contributed by atoms with Gasteiger partial charge in [-0.3, -0.25) is 0 Å². The second-order valence-corrected chi connectivity index (χ2v) is 6.90. The lowest BCUT2D eigenvalue weighted by Crippen LogP contribution is -2.29. The van der Waals surface area contributed by atoms with Crippen molar-refractivity contribution in [1.29, 1.82) is 0 Å². The molecular weight excluding hydrogens is 236 g/mol. The minimum atomic E-state index is -3.42. The van der Waals surface area contributed by atoms with Crippen molar-refractivity contribution in [1.82, 2.24) is 9.29 Å². The van der Waals surface area contributed by atoms with E-state index in [-0.39, 0.29) is 10.8 Å². The van der Waals surface area contributed by atoms with Crippen LogP contribution in [0, 0.1) is 6.92 Å². The Bertz CT molecular complexity index is 454. The Hall–Kier alpha value is -0.500. The van der Waals surface area contributed by atoms with E-state index in [1.54, 1.807) is 6.92 Å². The molecule has 0 bridgehead atoms. The zero-order valence-electron chi connectivity index (χ0n) is 8.25. The van der Waals surface area contributed by atoms with Crippen molar-refractivity contribution < 1.29 is 13.5 Å². The summed E-state index contributed by atoms with van der Waals surface area (Å²) in [7, 11) is -3.42. The highest BCUT2D eigenvalue weighted by molar-refractivity contribution is 7.91. The van der Waals surface area contributed by atoms with Crippen LogP contribution >= 0.6 is 11.3 Å². The summed E-state index contributed by atoms with van der Waals surface area (Å²) in [5.74, 6) is 0. The molecular formula is C8H12N2O3S2. The van der Waals surface area contributed by atoms with Gasteiger partial charge in [0.05, 0.1) is 17.3 Å². The van der Waals surface area contributed by atoms with Crippen molar-refractivity contribution in [3.63, 3.8) is 0 Å². The number of aliphatic hydroxyl groups excluding tert-OH is 1. The molecule has 1 aromatic heterocycles. The smallest absolute Gasteiger partial charge is 0.254 e. The highest BCUT2D eigenvalue weighted by Gasteiger charge is 2.32. The lowest BCUT2D eigenvalue weighted by molar-refractivity contribution is 0.189. The van der Waals surface area contributed by atoms with Crippen LogP contribution < -0.4 is 0 Å². The Labute approximate surface area is 92.4 Å². The van der Waals surface area contributed by atoms with Gasteiger partial charge in [0.25, 0.3) is 10.0 Å². The summed E-state index contributed by atoms with van der Waals surface area (Å²) >= 11 is 1.16. The van der Waals surface area contributed by atoms with Crippen LogP contribution in [0.2, 0.25) is 0 Å². The molecule has 0 aliphatic carbocycles. The Morgan fingerprint density at radius 2 is 2.40 bits per heavy atom. The fourth-order valence-corrected chi connectivity index (χ4v) is 4.27. The first-order valence-electron chi connectivity index (χ1n) is 4.61. The van der Waals surface area contributed by atoms with Crippen molar-refractivity contribution in [2.24, 2.45) is 0 Å². The summed E-state index contributed by atoms with van der Waals surface area (Å²) in [4.78, 5) is 3.92. The molecule has 84 valence electrons. The minimum Gasteiger partial charge on any atom is -0.392 e. The van der Waals surface area contributed by atoms with Crippen LogP contribution in [0.1, 0.15) is 11.4 Å². The number of nitrogens with zero attached hydrogens (tertiary/aromatic N) is 2. The molecule has 1 unspecified atom stereocenters. The fraction of sp³-hybridized carbons (Fsp3) is 0.625. The quantitative estimate of drug-likeness (QED) is 0.812. The van der Waals surface area contributed by atoms with Gasteiger partial charge >= 0.3 is 0 Å². The topological polar surface area (TPSA) is 70.5 Å². The van der Waals surface area contributed by atoms with Gasteiger partial charge in [0, 0.05) is 13.1 Å². The standard InChI is InChI=1S/C8H12N2O3S2/c1-6-9-4-8(14-6)15(12,13)10-3-2-7(11)5-10/h4,7,11H,2-3,5H2,1H3. The van der Waals surface area contributed by atoms with Gasteiger partial charge in [0.2, 0.25) is 0 Å². The fourth-order valence-electron chi connectivity index (χ4n) is 1.52. The number of sulfonamides is 1. The summed E-state index contributed by atoms with van der Waals surface area (Å²) < 4.78 is 25.5. The maximum absolute atomic E-state index is 12.0. The lowest BCUT2D eigenvalue weighted by atomic mass is 10.3. The molecule has 0 radical (unpaired) electrons. The summed E-state index contributed by atoms with van der Waals surface area (Å²) in [5.41, 5.74) is 0. The van der Waals surface area contributed by atoms with Gasteiger partial charge in [-0.05, 0) is 13.3 Å². The molecule has 2 heterocycles. The molecule has 1 N–H and O–H groups in total. The summed E-state index contributed by atoms with van der Waals surface area (Å²) in [5, 5.41) is 10.0. The monoisotopic (exact) mass is 248 g/mol. The molecule has 5 nitrogen and oxygen atoms in total. The third-order valence-corrected chi connectivity index (χ3v) is 5.53. The maximum Gasteiger partial charge on any atom is 0.254 e. The van der Waals surface area contributed by atoms with Crippen LogP contribution in [0.4, 0.5) is 0 Å². The molecule has 7 heteroatoms. The van der Waals surface area contributed by atoms with Gasteiger partial charge < -0.3 is 5.11 Å². The second-order valence-electron chi connectivity index (χ2n) is 3.50. The molecule has 1 aliphatic rings. The molecule has 1 atom stereocenters. The zero-order chi connectivity index (χ0) is 11.1. The van der Waals surface area contributed by atoms with E-state index in [1.807, 2.05) is 0 Å². The molecule has 2 rings (SSSR count). The van der Waals surface area contributed by atoms with Crippen molar-refractivity contribution in [2.75, 3.05) is 13.1 Å². The van der Waals surface area contributed by atoms with E-state index in [0.717, 1.165) is 16.3 Å². The number of aryl methyl sites for hydroxylation is 1. The molecule has 0 amide bonds. The molecule has 0 aromatic carbocycles. The highest BCUT2D eigenvalue weighted by atomic mass is 32.2. The van der Waals surface area contributed by atoms with Gasteiger partial charge in [0.15, 0.2) is 4.21 Å². The van der Waals surface area contributed by atoms with Gasteiger partial charge in [-0.25, -0.2) is 13.4 Å². The second kappa shape index (κ2) is 3.82. The SMILES string of the molecule is Cc1ncc(S(=O)(=O)N2CCC(O)C2)s1. The van der Waals surface area contributed by atoms with Crippen LogP contribution in [0.25, 0.3) is 0 Å². The third-order valence-electron chi connectivity index (χ3n) is 2.32. The van der Waals surface area contributed by atoms with E-state index >= 15 is 0 Å². The van der Waals surface area contributed by atoms with E-state index in [4.69, 9.17) is 0 Å². The first-order valence-corrected chi connectivity index (χ1v) is 6.86. The average Bonchev–Trinajstić information content (AvgIpc) is 2.74. The van der Waals surface area contributed by atoms with Crippen LogP contribution in [-0.4, -0.2) is 42.0 Å². The van der Waals surface area contributed by atoms with E-state index in [1.165, 1.54) is 10.5 Å². The number of rotatable bonds is 2. The van der Waals surface area contributed by atoms with Crippen LogP contribution in [0.5, 0.6) is 0 Å². The normalized spacial score (nSPS) is 23.5. The van der Waals surface area contributed by atoms with Crippen molar-refractivity contribution >= 4 is 21.4 Å². The third kappa shape index (κ3) is 2.05. The zero-order valence-corrected chi connectivity index (χ0v) is 9.88. The van der Waals surface area contributed by atoms with Gasteiger partial charge in [-0.1, -0.05) is 0 Å². The van der Waals surface area contributed by atoms with Gasteiger partial charge in [-0.2, -0.15) is 4.31 Å². The number of aliphatic hydroxyl groups is 1. The predicted molar refractivity (Wildman–Crippen MR) is 56.2 cm³/mol. The van der Waals surface area contributed by atoms with E-state index < -0.39 is 16.1 Å². The Balaban J connectivity index is 2.27. The Morgan fingerprint density at radius 1 is 1.67 bits per heavy atom. The van der Waals surface area contributed by atoms with Gasteiger partial charge in [-0.15, -0.1) is 11.3 Å². The average molecular weight is 248 g/mol. The summed E-state index contributed by atoms with van der Waals surface area (Å²) in [6, 6.07) is 0. The molecule has 1 aromatic rings. The molecule has 15 heavy (non-hydrogen) atoms. The number of thiazole rings is 1. The Morgan fingerprint density at radius 3 is 2.87 bits per heavy atom. The van der Waals surface area contributed by atoms with Crippen molar-refractivity contribution in [3.8, 4) is 0 Å². The van der Waals surface area contributed by atoms with Crippen molar-refractivity contribution in [3.05, 3.63) is 11.2 Å². The largest absolute Gasteiger partial charge is 0.392 e. The first-order chi connectivity index (χ1) is 7.00. The van der Waals surface area contributed by atoms with Crippen molar-refractivity contribution in [2.45, 2.75) is 23.7 Å². The number of β-amino-alcohol motifs (C(OH)–C–C–N with tert-alkyl or cyclic N) is 1. The van der Waals surface area contributed by atoms with Gasteiger partial charge in [0.1, 0.15) is 0 Å². The Kier molecular flexibility index (Phi) is 2.80. The molecule has 1 aliphatic heterocycles. The number of hydrogen-bond donors (Lipinski definition) is 1. The lowest BCUT2D eigenvalue weighted by Gasteiger charge is -2.13. The van der Waals surface area contributed by atoms with E-state index in [9.17, 15) is 13.5 Å². The minimum absolute atomic E-state index is 0.194. The van der Waals surface area contributed by atoms with Crippen LogP contribution in [0.3, 0.4) is 0 Å². The van der Waals surface area contributed by atoms with E-state index in [0.29, 0.717) is 13.0 Å². The van der Waals surface area contributed by atoms with Crippen LogP contribution in [0.15, 0.2) is 10.4 Å². The maximum atomic E-state index is 12.0. The predicted octanol–water partition coefficient (Wildman–Crippen LogP) is 0.207. The van der Waals surface area contributed by atoms with Crippen LogP contribution in [-0.2, 0) is 10.0 Å². The molecule has 0 saturated carbocycles. The summed E-state index contributed by atoms with van der Waals surface area (Å²) in [6.07, 6.45) is 1.35. The van der Waals surface area contributed by atoms with E-state index in [2.05, 4.69) is 4.98 Å². The number of hydrogen-bond acceptors (Lipinski definition) is 5. The molecule has 1 fully saturated rings. The first kappa shape index (κ1) is 11.0. The molecule has 0 spiro atoms. The molecule has 1 saturated heterocycles. The highest BCUT2D eigenvalue weighted by Crippen LogP contribution is 2.25.